The molecule has 150 valence electrons. The highest BCUT2D eigenvalue weighted by molar-refractivity contribution is 7.92. The van der Waals surface area contributed by atoms with Crippen LogP contribution < -0.4 is 10.0 Å². The number of anilines is 2. The van der Waals surface area contributed by atoms with Gasteiger partial charge in [-0.15, -0.1) is 0 Å². The molecule has 1 amide bonds. The van der Waals surface area contributed by atoms with E-state index in [1.807, 2.05) is 4.90 Å². The average Bonchev–Trinajstić information content (AvgIpc) is 2.66. The number of nitrogens with zero attached hydrogens (tertiary/aromatic N) is 1. The number of ether oxygens (including phenoxy) is 1. The van der Waals surface area contributed by atoms with Gasteiger partial charge in [-0.25, -0.2) is 17.2 Å². The van der Waals surface area contributed by atoms with Crippen LogP contribution in [0.5, 0.6) is 0 Å². The first kappa shape index (κ1) is 20.2. The molecule has 2 aromatic rings. The van der Waals surface area contributed by atoms with Gasteiger partial charge in [-0.05, 0) is 42.5 Å². The molecule has 3 rings (SSSR count). The maximum atomic E-state index is 13.7. The van der Waals surface area contributed by atoms with Crippen LogP contribution in [0.4, 0.5) is 20.2 Å². The molecule has 2 N–H and O–H groups in total. The number of carbonyl (C=O) groups excluding carboxylic acids is 1. The van der Waals surface area contributed by atoms with E-state index in [1.165, 1.54) is 24.3 Å². The highest BCUT2D eigenvalue weighted by Gasteiger charge is 2.20. The van der Waals surface area contributed by atoms with Gasteiger partial charge in [0.25, 0.3) is 10.0 Å². The summed E-state index contributed by atoms with van der Waals surface area (Å²) in [6.07, 6.45) is 0. The summed E-state index contributed by atoms with van der Waals surface area (Å²) in [6.45, 7) is 2.79. The fourth-order valence-corrected chi connectivity index (χ4v) is 3.83. The molecule has 0 radical (unpaired) electrons. The smallest absolute Gasteiger partial charge is 0.264 e. The van der Waals surface area contributed by atoms with Crippen molar-refractivity contribution in [3.05, 3.63) is 54.1 Å². The molecule has 28 heavy (non-hydrogen) atoms. The molecule has 0 bridgehead atoms. The van der Waals surface area contributed by atoms with Gasteiger partial charge < -0.3 is 10.1 Å². The van der Waals surface area contributed by atoms with E-state index in [1.54, 1.807) is 0 Å². The molecule has 0 aliphatic carbocycles. The average molecular weight is 411 g/mol. The largest absolute Gasteiger partial charge is 0.379 e. The van der Waals surface area contributed by atoms with Crippen LogP contribution in [-0.2, 0) is 19.6 Å². The number of hydrogen-bond acceptors (Lipinski definition) is 5. The lowest BCUT2D eigenvalue weighted by Gasteiger charge is -2.25. The van der Waals surface area contributed by atoms with Gasteiger partial charge in [0.2, 0.25) is 5.91 Å². The lowest BCUT2D eigenvalue weighted by atomic mass is 10.3. The topological polar surface area (TPSA) is 87.7 Å². The molecule has 0 atom stereocenters. The van der Waals surface area contributed by atoms with Crippen LogP contribution in [0.15, 0.2) is 47.4 Å². The molecule has 1 fully saturated rings. The van der Waals surface area contributed by atoms with E-state index in [4.69, 9.17) is 4.74 Å². The van der Waals surface area contributed by atoms with Crippen molar-refractivity contribution in [3.8, 4) is 0 Å². The molecule has 2 aromatic carbocycles. The summed E-state index contributed by atoms with van der Waals surface area (Å²) in [5.74, 6) is -2.11. The number of carbonyl (C=O) groups is 1. The summed E-state index contributed by atoms with van der Waals surface area (Å²) in [6, 6.07) is 8.05. The van der Waals surface area contributed by atoms with E-state index in [2.05, 4.69) is 10.0 Å². The van der Waals surface area contributed by atoms with Gasteiger partial charge in [0.1, 0.15) is 16.5 Å². The second kappa shape index (κ2) is 8.63. The van der Waals surface area contributed by atoms with Crippen molar-refractivity contribution in [1.29, 1.82) is 0 Å². The van der Waals surface area contributed by atoms with Gasteiger partial charge in [-0.2, -0.15) is 0 Å². The fourth-order valence-electron chi connectivity index (χ4n) is 2.68. The Balaban J connectivity index is 1.62. The van der Waals surface area contributed by atoms with E-state index < -0.39 is 26.6 Å². The highest BCUT2D eigenvalue weighted by atomic mass is 32.2. The van der Waals surface area contributed by atoms with Gasteiger partial charge in [0.05, 0.1) is 19.8 Å². The predicted octanol–water partition coefficient (Wildman–Crippen LogP) is 2.04. The molecule has 1 aliphatic heterocycles. The summed E-state index contributed by atoms with van der Waals surface area (Å²) in [7, 11) is -4.29. The molecular formula is C18H19F2N3O4S. The Morgan fingerprint density at radius 3 is 2.36 bits per heavy atom. The third-order valence-corrected chi connectivity index (χ3v) is 5.47. The standard InChI is InChI=1S/C18H19F2N3O4S/c19-13-1-6-16(20)17(11-13)28(25,26)22-15-4-2-14(3-5-15)21-18(24)12-23-7-9-27-10-8-23/h1-6,11,22H,7-10,12H2,(H,21,24). The van der Waals surface area contributed by atoms with Gasteiger partial charge >= 0.3 is 0 Å². The van der Waals surface area contributed by atoms with E-state index in [-0.39, 0.29) is 18.1 Å². The molecule has 0 aromatic heterocycles. The minimum atomic E-state index is -4.29. The summed E-state index contributed by atoms with van der Waals surface area (Å²) in [5, 5.41) is 2.72. The van der Waals surface area contributed by atoms with Crippen molar-refractivity contribution in [2.45, 2.75) is 4.90 Å². The third kappa shape index (κ3) is 5.24. The molecule has 7 nitrogen and oxygen atoms in total. The van der Waals surface area contributed by atoms with Crippen molar-refractivity contribution >= 4 is 27.3 Å². The Morgan fingerprint density at radius 2 is 1.68 bits per heavy atom. The highest BCUT2D eigenvalue weighted by Crippen LogP contribution is 2.21. The van der Waals surface area contributed by atoms with Gasteiger partial charge in [-0.1, -0.05) is 0 Å². The van der Waals surface area contributed by atoms with Crippen molar-refractivity contribution in [1.82, 2.24) is 4.90 Å². The molecule has 1 aliphatic rings. The van der Waals surface area contributed by atoms with Crippen LogP contribution in [0, 0.1) is 11.6 Å². The lowest BCUT2D eigenvalue weighted by molar-refractivity contribution is -0.118. The van der Waals surface area contributed by atoms with Crippen molar-refractivity contribution in [2.75, 3.05) is 42.9 Å². The van der Waals surface area contributed by atoms with E-state index in [0.717, 1.165) is 12.1 Å². The molecular weight excluding hydrogens is 392 g/mol. The van der Waals surface area contributed by atoms with Crippen LogP contribution in [-0.4, -0.2) is 52.1 Å². The number of rotatable bonds is 6. The van der Waals surface area contributed by atoms with Gasteiger partial charge in [0, 0.05) is 24.5 Å². The monoisotopic (exact) mass is 411 g/mol. The minimum Gasteiger partial charge on any atom is -0.379 e. The zero-order valence-electron chi connectivity index (χ0n) is 14.8. The van der Waals surface area contributed by atoms with E-state index >= 15 is 0 Å². The zero-order valence-corrected chi connectivity index (χ0v) is 15.6. The Bertz CT molecular complexity index is 946. The van der Waals surface area contributed by atoms with Crippen LogP contribution in [0.25, 0.3) is 0 Å². The normalized spacial score (nSPS) is 15.2. The Hall–Kier alpha value is -2.56. The summed E-state index contributed by atoms with van der Waals surface area (Å²) < 4.78 is 58.9. The number of morpholine rings is 1. The van der Waals surface area contributed by atoms with Crippen LogP contribution in [0.3, 0.4) is 0 Å². The lowest BCUT2D eigenvalue weighted by Crippen LogP contribution is -2.41. The summed E-state index contributed by atoms with van der Waals surface area (Å²) in [5.41, 5.74) is 0.632. The SMILES string of the molecule is O=C(CN1CCOCC1)Nc1ccc(NS(=O)(=O)c2cc(F)ccc2F)cc1. The maximum absolute atomic E-state index is 13.7. The maximum Gasteiger partial charge on any atom is 0.264 e. The molecule has 10 heteroatoms. The first-order valence-corrected chi connectivity index (χ1v) is 10.00. The molecule has 0 saturated carbocycles. The molecule has 0 spiro atoms. The van der Waals surface area contributed by atoms with Crippen LogP contribution in [0.2, 0.25) is 0 Å². The number of benzene rings is 2. The van der Waals surface area contributed by atoms with E-state index in [0.29, 0.717) is 38.1 Å². The fraction of sp³-hybridized carbons (Fsp3) is 0.278. The number of sulfonamides is 1. The minimum absolute atomic E-state index is 0.148. The first-order valence-electron chi connectivity index (χ1n) is 8.51. The third-order valence-electron chi connectivity index (χ3n) is 4.07. The quantitative estimate of drug-likeness (QED) is 0.760. The van der Waals surface area contributed by atoms with Gasteiger partial charge in [0.15, 0.2) is 0 Å². The van der Waals surface area contributed by atoms with Crippen LogP contribution >= 0.6 is 0 Å². The Morgan fingerprint density at radius 1 is 1.04 bits per heavy atom. The number of hydrogen-bond donors (Lipinski definition) is 2. The van der Waals surface area contributed by atoms with Crippen molar-refractivity contribution < 1.29 is 26.7 Å². The van der Waals surface area contributed by atoms with Gasteiger partial charge in [-0.3, -0.25) is 14.4 Å². The number of halogens is 2. The zero-order chi connectivity index (χ0) is 20.1. The van der Waals surface area contributed by atoms with E-state index in [9.17, 15) is 22.0 Å². The molecule has 1 saturated heterocycles. The van der Waals surface area contributed by atoms with Crippen molar-refractivity contribution in [3.63, 3.8) is 0 Å². The first-order chi connectivity index (χ1) is 13.3. The predicted molar refractivity (Wildman–Crippen MR) is 99.5 cm³/mol. The summed E-state index contributed by atoms with van der Waals surface area (Å²) in [4.78, 5) is 13.3. The molecule has 1 heterocycles. The van der Waals surface area contributed by atoms with Crippen LogP contribution in [0.1, 0.15) is 0 Å². The second-order valence-electron chi connectivity index (χ2n) is 6.19. The van der Waals surface area contributed by atoms with Crippen molar-refractivity contribution in [2.24, 2.45) is 0 Å². The summed E-state index contributed by atoms with van der Waals surface area (Å²) >= 11 is 0. The number of amides is 1. The Kier molecular flexibility index (Phi) is 6.22. The number of nitrogens with one attached hydrogen (secondary N) is 2. The molecule has 0 unspecified atom stereocenters. The second-order valence-corrected chi connectivity index (χ2v) is 7.85. The Labute approximate surface area is 161 Å².